The molecule has 2 N–H and O–H groups in total. The van der Waals surface area contributed by atoms with Crippen LogP contribution in [-0.4, -0.2) is 13.2 Å². The lowest BCUT2D eigenvalue weighted by Crippen LogP contribution is -2.23. The predicted octanol–water partition coefficient (Wildman–Crippen LogP) is 2.73. The van der Waals surface area contributed by atoms with Gasteiger partial charge in [0, 0.05) is 5.54 Å². The van der Waals surface area contributed by atoms with Crippen molar-refractivity contribution < 1.29 is 9.47 Å². The molecule has 1 aromatic carbocycles. The topological polar surface area (TPSA) is 44.5 Å². The summed E-state index contributed by atoms with van der Waals surface area (Å²) < 4.78 is 12.3. The van der Waals surface area contributed by atoms with Gasteiger partial charge in [-0.3, -0.25) is 0 Å². The maximum atomic E-state index is 6.33. The first-order valence-corrected chi connectivity index (χ1v) is 6.85. The highest BCUT2D eigenvalue weighted by atomic mass is 79.9. The second-order valence-corrected chi connectivity index (χ2v) is 5.54. The Bertz CT molecular complexity index is 469. The molecule has 0 bridgehead atoms. The molecule has 3 rings (SSSR count). The highest BCUT2D eigenvalue weighted by Gasteiger charge is 2.43. The van der Waals surface area contributed by atoms with Crippen LogP contribution in [0.15, 0.2) is 10.5 Å². The number of hydrogen-bond donors (Lipinski definition) is 1. The first-order valence-electron chi connectivity index (χ1n) is 6.06. The quantitative estimate of drug-likeness (QED) is 0.913. The number of nitrogens with two attached hydrogens (primary N) is 1. The highest BCUT2D eigenvalue weighted by molar-refractivity contribution is 9.10. The molecule has 1 aliphatic carbocycles. The van der Waals surface area contributed by atoms with Crippen molar-refractivity contribution in [2.75, 3.05) is 13.2 Å². The first kappa shape index (κ1) is 11.4. The fraction of sp³-hybridized carbons (Fsp3) is 0.538. The van der Waals surface area contributed by atoms with Crippen LogP contribution < -0.4 is 15.2 Å². The third-order valence-corrected chi connectivity index (χ3v) is 4.39. The molecular weight excluding hydrogens is 282 g/mol. The summed E-state index contributed by atoms with van der Waals surface area (Å²) in [6.45, 7) is 3.37. The van der Waals surface area contributed by atoms with Gasteiger partial charge in [0.05, 0.1) is 4.47 Å². The fourth-order valence-electron chi connectivity index (χ4n) is 2.38. The van der Waals surface area contributed by atoms with Crippen molar-refractivity contribution in [1.29, 1.82) is 0 Å². The number of ether oxygens (including phenoxy) is 2. The second-order valence-electron chi connectivity index (χ2n) is 4.75. The average molecular weight is 298 g/mol. The molecule has 3 nitrogen and oxygen atoms in total. The van der Waals surface area contributed by atoms with Crippen LogP contribution >= 0.6 is 15.9 Å². The molecule has 0 aromatic heterocycles. The van der Waals surface area contributed by atoms with Crippen molar-refractivity contribution in [3.05, 3.63) is 21.7 Å². The molecule has 0 unspecified atom stereocenters. The normalized spacial score (nSPS) is 20.2. The zero-order chi connectivity index (χ0) is 12.0. The van der Waals surface area contributed by atoms with E-state index in [1.165, 1.54) is 11.1 Å². The van der Waals surface area contributed by atoms with Crippen molar-refractivity contribution in [1.82, 2.24) is 0 Å². The van der Waals surface area contributed by atoms with Gasteiger partial charge in [-0.2, -0.15) is 0 Å². The largest absolute Gasteiger partial charge is 0.486 e. The smallest absolute Gasteiger partial charge is 0.175 e. The van der Waals surface area contributed by atoms with Crippen LogP contribution in [0.5, 0.6) is 11.5 Å². The van der Waals surface area contributed by atoms with Gasteiger partial charge in [-0.05, 0) is 52.4 Å². The number of benzene rings is 1. The Morgan fingerprint density at radius 3 is 2.71 bits per heavy atom. The van der Waals surface area contributed by atoms with E-state index in [1.807, 2.05) is 0 Å². The summed E-state index contributed by atoms with van der Waals surface area (Å²) >= 11 is 3.64. The van der Waals surface area contributed by atoms with E-state index in [9.17, 15) is 0 Å². The van der Waals surface area contributed by atoms with Gasteiger partial charge in [-0.25, -0.2) is 0 Å². The number of halogens is 1. The lowest BCUT2D eigenvalue weighted by molar-refractivity contribution is 0.170. The molecule has 1 aliphatic heterocycles. The van der Waals surface area contributed by atoms with E-state index in [1.54, 1.807) is 0 Å². The molecular formula is C13H16BrNO2. The van der Waals surface area contributed by atoms with Crippen LogP contribution in [0.25, 0.3) is 0 Å². The standard InChI is InChI=1S/C13H16BrNO2/c1-2-8-9(13(15)3-4-13)7-10-12(11(8)14)17-6-5-16-10/h7H,2-6,15H2,1H3. The van der Waals surface area contributed by atoms with Crippen molar-refractivity contribution >= 4 is 15.9 Å². The lowest BCUT2D eigenvalue weighted by atomic mass is 9.96. The van der Waals surface area contributed by atoms with Crippen molar-refractivity contribution in [2.45, 2.75) is 31.7 Å². The van der Waals surface area contributed by atoms with Crippen LogP contribution in [0.2, 0.25) is 0 Å². The van der Waals surface area contributed by atoms with Gasteiger partial charge in [0.1, 0.15) is 13.2 Å². The minimum Gasteiger partial charge on any atom is -0.486 e. The molecule has 1 saturated carbocycles. The van der Waals surface area contributed by atoms with E-state index in [2.05, 4.69) is 28.9 Å². The Labute approximate surface area is 109 Å². The maximum Gasteiger partial charge on any atom is 0.175 e. The molecule has 1 fully saturated rings. The minimum absolute atomic E-state index is 0.135. The van der Waals surface area contributed by atoms with E-state index in [0.717, 1.165) is 35.2 Å². The van der Waals surface area contributed by atoms with Gasteiger partial charge in [0.25, 0.3) is 0 Å². The molecule has 4 heteroatoms. The molecule has 0 radical (unpaired) electrons. The number of fused-ring (bicyclic) bond motifs is 1. The Balaban J connectivity index is 2.18. The van der Waals surface area contributed by atoms with E-state index < -0.39 is 0 Å². The van der Waals surface area contributed by atoms with Gasteiger partial charge >= 0.3 is 0 Å². The van der Waals surface area contributed by atoms with Crippen molar-refractivity contribution in [3.63, 3.8) is 0 Å². The summed E-state index contributed by atoms with van der Waals surface area (Å²) in [5.74, 6) is 1.66. The summed E-state index contributed by atoms with van der Waals surface area (Å²) in [7, 11) is 0. The summed E-state index contributed by atoms with van der Waals surface area (Å²) in [6.07, 6.45) is 3.07. The molecule has 2 aliphatic rings. The first-order chi connectivity index (χ1) is 8.15. The van der Waals surface area contributed by atoms with Gasteiger partial charge in [-0.1, -0.05) is 6.92 Å². The summed E-state index contributed by atoms with van der Waals surface area (Å²) in [5.41, 5.74) is 8.67. The Kier molecular flexibility index (Phi) is 2.60. The number of hydrogen-bond acceptors (Lipinski definition) is 3. The molecule has 92 valence electrons. The van der Waals surface area contributed by atoms with Gasteiger partial charge < -0.3 is 15.2 Å². The van der Waals surface area contributed by atoms with Gasteiger partial charge in [0.15, 0.2) is 11.5 Å². The number of rotatable bonds is 2. The van der Waals surface area contributed by atoms with Crippen molar-refractivity contribution in [2.24, 2.45) is 5.73 Å². The summed E-state index contributed by atoms with van der Waals surface area (Å²) in [6, 6.07) is 2.07. The fourth-order valence-corrected chi connectivity index (χ4v) is 3.18. The molecule has 0 atom stereocenters. The molecule has 0 spiro atoms. The minimum atomic E-state index is -0.135. The maximum absolute atomic E-state index is 6.33. The SMILES string of the molecule is CCc1c(C2(N)CC2)cc2c(c1Br)OCCO2. The third kappa shape index (κ3) is 1.74. The zero-order valence-corrected chi connectivity index (χ0v) is 11.5. The highest BCUT2D eigenvalue weighted by Crippen LogP contribution is 2.50. The van der Waals surface area contributed by atoms with Crippen LogP contribution in [0.4, 0.5) is 0 Å². The van der Waals surface area contributed by atoms with E-state index >= 15 is 0 Å². The average Bonchev–Trinajstić information content (AvgIpc) is 3.08. The second kappa shape index (κ2) is 3.89. The van der Waals surface area contributed by atoms with Gasteiger partial charge in [0.2, 0.25) is 0 Å². The van der Waals surface area contributed by atoms with E-state index in [-0.39, 0.29) is 5.54 Å². The van der Waals surface area contributed by atoms with E-state index in [0.29, 0.717) is 13.2 Å². The molecule has 1 aromatic rings. The zero-order valence-electron chi connectivity index (χ0n) is 9.88. The van der Waals surface area contributed by atoms with Crippen LogP contribution in [-0.2, 0) is 12.0 Å². The third-order valence-electron chi connectivity index (χ3n) is 3.55. The molecule has 0 amide bonds. The molecule has 1 heterocycles. The molecule has 0 saturated heterocycles. The van der Waals surface area contributed by atoms with Crippen LogP contribution in [0, 0.1) is 0 Å². The monoisotopic (exact) mass is 297 g/mol. The van der Waals surface area contributed by atoms with E-state index in [4.69, 9.17) is 15.2 Å². The Morgan fingerprint density at radius 2 is 2.06 bits per heavy atom. The van der Waals surface area contributed by atoms with Crippen LogP contribution in [0.1, 0.15) is 30.9 Å². The van der Waals surface area contributed by atoms with Crippen molar-refractivity contribution in [3.8, 4) is 11.5 Å². The predicted molar refractivity (Wildman–Crippen MR) is 69.6 cm³/mol. The Hall–Kier alpha value is -0.740. The summed E-state index contributed by atoms with van der Waals surface area (Å²) in [5, 5.41) is 0. The molecule has 17 heavy (non-hydrogen) atoms. The Morgan fingerprint density at radius 1 is 1.35 bits per heavy atom. The lowest BCUT2D eigenvalue weighted by Gasteiger charge is -2.25. The van der Waals surface area contributed by atoms with Gasteiger partial charge in [-0.15, -0.1) is 0 Å². The van der Waals surface area contributed by atoms with Crippen LogP contribution in [0.3, 0.4) is 0 Å². The summed E-state index contributed by atoms with van der Waals surface area (Å²) in [4.78, 5) is 0.